The molecule has 0 bridgehead atoms. The van der Waals surface area contributed by atoms with Crippen molar-refractivity contribution in [2.24, 2.45) is 0 Å². The SMILES string of the molecule is O=C(O)c1cc2[nH]ccc2nc1Br. The highest BCUT2D eigenvalue weighted by Crippen LogP contribution is 2.19. The first-order valence-corrected chi connectivity index (χ1v) is 4.34. The number of rotatable bonds is 1. The number of H-pyrrole nitrogens is 1. The Hall–Kier alpha value is -1.36. The van der Waals surface area contributed by atoms with E-state index in [0.29, 0.717) is 4.60 Å². The molecule has 0 aliphatic heterocycles. The summed E-state index contributed by atoms with van der Waals surface area (Å²) in [6.07, 6.45) is 1.72. The molecular formula is C8H5BrN2O2. The number of pyridine rings is 1. The molecule has 2 rings (SSSR count). The van der Waals surface area contributed by atoms with Gasteiger partial charge in [0.25, 0.3) is 0 Å². The number of nitrogens with zero attached hydrogens (tertiary/aromatic N) is 1. The lowest BCUT2D eigenvalue weighted by atomic mass is 10.2. The Morgan fingerprint density at radius 3 is 3.08 bits per heavy atom. The number of aromatic carboxylic acids is 1. The minimum absolute atomic E-state index is 0.162. The van der Waals surface area contributed by atoms with E-state index in [-0.39, 0.29) is 5.56 Å². The summed E-state index contributed by atoms with van der Waals surface area (Å²) in [6.45, 7) is 0. The predicted octanol–water partition coefficient (Wildman–Crippen LogP) is 2.02. The minimum Gasteiger partial charge on any atom is -0.478 e. The van der Waals surface area contributed by atoms with Gasteiger partial charge in [-0.15, -0.1) is 0 Å². The monoisotopic (exact) mass is 240 g/mol. The molecule has 13 heavy (non-hydrogen) atoms. The number of fused-ring (bicyclic) bond motifs is 1. The first-order chi connectivity index (χ1) is 6.18. The van der Waals surface area contributed by atoms with Gasteiger partial charge in [-0.25, -0.2) is 9.78 Å². The second kappa shape index (κ2) is 2.85. The number of aromatic nitrogens is 2. The van der Waals surface area contributed by atoms with Crippen LogP contribution >= 0.6 is 15.9 Å². The fourth-order valence-electron chi connectivity index (χ4n) is 1.11. The van der Waals surface area contributed by atoms with Gasteiger partial charge in [-0.05, 0) is 28.1 Å². The van der Waals surface area contributed by atoms with Crippen molar-refractivity contribution in [2.75, 3.05) is 0 Å². The van der Waals surface area contributed by atoms with Crippen molar-refractivity contribution in [3.05, 3.63) is 28.5 Å². The predicted molar refractivity (Wildman–Crippen MR) is 50.8 cm³/mol. The Kier molecular flexibility index (Phi) is 1.81. The van der Waals surface area contributed by atoms with Crippen molar-refractivity contribution in [3.63, 3.8) is 0 Å². The average molecular weight is 241 g/mol. The van der Waals surface area contributed by atoms with Crippen molar-refractivity contribution in [1.29, 1.82) is 0 Å². The second-order valence-electron chi connectivity index (χ2n) is 2.54. The Bertz CT molecular complexity index is 478. The van der Waals surface area contributed by atoms with Crippen LogP contribution in [0.1, 0.15) is 10.4 Å². The van der Waals surface area contributed by atoms with E-state index in [9.17, 15) is 4.79 Å². The molecule has 0 atom stereocenters. The van der Waals surface area contributed by atoms with E-state index in [1.807, 2.05) is 0 Å². The number of hydrogen-bond acceptors (Lipinski definition) is 2. The zero-order valence-corrected chi connectivity index (χ0v) is 8.00. The van der Waals surface area contributed by atoms with Crippen LogP contribution in [0.4, 0.5) is 0 Å². The van der Waals surface area contributed by atoms with Crippen LogP contribution in [0.25, 0.3) is 11.0 Å². The summed E-state index contributed by atoms with van der Waals surface area (Å²) < 4.78 is 0.354. The lowest BCUT2D eigenvalue weighted by Crippen LogP contribution is -1.99. The summed E-state index contributed by atoms with van der Waals surface area (Å²) in [7, 11) is 0. The van der Waals surface area contributed by atoms with Gasteiger partial charge in [-0.3, -0.25) is 0 Å². The molecule has 66 valence electrons. The van der Waals surface area contributed by atoms with E-state index in [1.54, 1.807) is 18.3 Å². The first kappa shape index (κ1) is 8.25. The Labute approximate surface area is 81.7 Å². The molecule has 5 heteroatoms. The maximum Gasteiger partial charge on any atom is 0.338 e. The Morgan fingerprint density at radius 1 is 1.62 bits per heavy atom. The molecule has 0 saturated carbocycles. The third-order valence-electron chi connectivity index (χ3n) is 1.72. The molecule has 0 aliphatic rings. The summed E-state index contributed by atoms with van der Waals surface area (Å²) in [5, 5.41) is 8.78. The maximum absolute atomic E-state index is 10.7. The molecule has 2 aromatic heterocycles. The second-order valence-corrected chi connectivity index (χ2v) is 3.29. The number of nitrogens with one attached hydrogen (secondary N) is 1. The van der Waals surface area contributed by atoms with Crippen LogP contribution in [0.2, 0.25) is 0 Å². The molecule has 2 N–H and O–H groups in total. The van der Waals surface area contributed by atoms with Crippen LogP contribution < -0.4 is 0 Å². The third-order valence-corrected chi connectivity index (χ3v) is 2.32. The number of carbonyl (C=O) groups is 1. The smallest absolute Gasteiger partial charge is 0.338 e. The van der Waals surface area contributed by atoms with Crippen LogP contribution in [0, 0.1) is 0 Å². The fourth-order valence-corrected chi connectivity index (χ4v) is 1.58. The van der Waals surface area contributed by atoms with Crippen LogP contribution in [0.5, 0.6) is 0 Å². The van der Waals surface area contributed by atoms with E-state index < -0.39 is 5.97 Å². The number of halogens is 1. The molecule has 0 radical (unpaired) electrons. The molecule has 0 aliphatic carbocycles. The molecule has 0 unspecified atom stereocenters. The van der Waals surface area contributed by atoms with Crippen LogP contribution in [-0.4, -0.2) is 21.0 Å². The Morgan fingerprint density at radius 2 is 2.38 bits per heavy atom. The number of hydrogen-bond donors (Lipinski definition) is 2. The standard InChI is InChI=1S/C8H5BrN2O2/c9-7-4(8(12)13)3-6-5(11-7)1-2-10-6/h1-3,10H,(H,12,13). The summed E-state index contributed by atoms with van der Waals surface area (Å²) in [6, 6.07) is 3.33. The van der Waals surface area contributed by atoms with Crippen molar-refractivity contribution >= 4 is 32.9 Å². The van der Waals surface area contributed by atoms with Gasteiger partial charge >= 0.3 is 5.97 Å². The van der Waals surface area contributed by atoms with Crippen molar-refractivity contribution < 1.29 is 9.90 Å². The van der Waals surface area contributed by atoms with Gasteiger partial charge in [0.1, 0.15) is 4.60 Å². The topological polar surface area (TPSA) is 66.0 Å². The van der Waals surface area contributed by atoms with E-state index in [2.05, 4.69) is 25.9 Å². The molecule has 0 amide bonds. The van der Waals surface area contributed by atoms with Crippen LogP contribution in [-0.2, 0) is 0 Å². The van der Waals surface area contributed by atoms with E-state index in [0.717, 1.165) is 11.0 Å². The van der Waals surface area contributed by atoms with Crippen LogP contribution in [0.15, 0.2) is 22.9 Å². The zero-order chi connectivity index (χ0) is 9.42. The molecule has 0 aromatic carbocycles. The number of carboxylic acid groups (broad SMARTS) is 1. The summed E-state index contributed by atoms with van der Waals surface area (Å²) in [5.74, 6) is -0.990. The zero-order valence-electron chi connectivity index (χ0n) is 6.41. The van der Waals surface area contributed by atoms with E-state index in [1.165, 1.54) is 0 Å². The van der Waals surface area contributed by atoms with Gasteiger partial charge in [0.2, 0.25) is 0 Å². The molecule has 0 spiro atoms. The summed E-state index contributed by atoms with van der Waals surface area (Å²) in [5.41, 5.74) is 1.63. The van der Waals surface area contributed by atoms with Gasteiger partial charge in [0, 0.05) is 6.20 Å². The summed E-state index contributed by atoms with van der Waals surface area (Å²) >= 11 is 3.10. The molecule has 4 nitrogen and oxygen atoms in total. The lowest BCUT2D eigenvalue weighted by molar-refractivity contribution is 0.0695. The average Bonchev–Trinajstić information content (AvgIpc) is 2.48. The van der Waals surface area contributed by atoms with Crippen LogP contribution in [0.3, 0.4) is 0 Å². The summed E-state index contributed by atoms with van der Waals surface area (Å²) in [4.78, 5) is 17.7. The quantitative estimate of drug-likeness (QED) is 0.750. The van der Waals surface area contributed by atoms with Gasteiger partial charge in [-0.2, -0.15) is 0 Å². The van der Waals surface area contributed by atoms with Gasteiger partial charge < -0.3 is 10.1 Å². The number of carboxylic acids is 1. The molecule has 0 fully saturated rings. The molecular weight excluding hydrogens is 236 g/mol. The van der Waals surface area contributed by atoms with Gasteiger partial charge in [0.15, 0.2) is 0 Å². The van der Waals surface area contributed by atoms with E-state index in [4.69, 9.17) is 5.11 Å². The van der Waals surface area contributed by atoms with Crippen molar-refractivity contribution in [2.45, 2.75) is 0 Å². The van der Waals surface area contributed by atoms with Gasteiger partial charge in [-0.1, -0.05) is 0 Å². The highest BCUT2D eigenvalue weighted by molar-refractivity contribution is 9.10. The molecule has 0 saturated heterocycles. The third kappa shape index (κ3) is 1.31. The van der Waals surface area contributed by atoms with Crippen molar-refractivity contribution in [1.82, 2.24) is 9.97 Å². The first-order valence-electron chi connectivity index (χ1n) is 3.55. The van der Waals surface area contributed by atoms with Gasteiger partial charge in [0.05, 0.1) is 16.6 Å². The Balaban J connectivity index is 2.76. The lowest BCUT2D eigenvalue weighted by Gasteiger charge is -1.97. The number of aromatic amines is 1. The van der Waals surface area contributed by atoms with Crippen molar-refractivity contribution in [3.8, 4) is 0 Å². The van der Waals surface area contributed by atoms with E-state index >= 15 is 0 Å². The normalized spacial score (nSPS) is 10.5. The highest BCUT2D eigenvalue weighted by Gasteiger charge is 2.10. The maximum atomic E-state index is 10.7. The molecule has 2 aromatic rings. The fraction of sp³-hybridized carbons (Fsp3) is 0. The minimum atomic E-state index is -0.990. The highest BCUT2D eigenvalue weighted by atomic mass is 79.9. The molecule has 2 heterocycles. The largest absolute Gasteiger partial charge is 0.478 e.